The maximum absolute atomic E-state index is 11.0. The normalized spacial score (nSPS) is 14.0. The van der Waals surface area contributed by atoms with E-state index >= 15 is 0 Å². The third kappa shape index (κ3) is 3.77. The van der Waals surface area contributed by atoms with Crippen molar-refractivity contribution in [2.24, 2.45) is 0 Å². The summed E-state index contributed by atoms with van der Waals surface area (Å²) in [5, 5.41) is 12.2. The molecule has 0 saturated carbocycles. The summed E-state index contributed by atoms with van der Waals surface area (Å²) in [6, 6.07) is 9.06. The van der Waals surface area contributed by atoms with E-state index in [1.54, 1.807) is 12.1 Å². The molecule has 0 radical (unpaired) electrons. The van der Waals surface area contributed by atoms with Gasteiger partial charge in [0.15, 0.2) is 5.69 Å². The molecule has 6 heteroatoms. The first-order chi connectivity index (χ1) is 11.1. The van der Waals surface area contributed by atoms with E-state index in [0.29, 0.717) is 12.4 Å². The Labute approximate surface area is 135 Å². The molecule has 2 N–H and O–H groups in total. The molecule has 1 aliphatic heterocycles. The quantitative estimate of drug-likeness (QED) is 0.884. The molecule has 0 bridgehead atoms. The van der Waals surface area contributed by atoms with Crippen molar-refractivity contribution in [3.8, 4) is 0 Å². The molecule has 0 unspecified atom stereocenters. The lowest BCUT2D eigenvalue weighted by Gasteiger charge is -2.18. The average molecular weight is 312 g/mol. The molecule has 0 amide bonds. The van der Waals surface area contributed by atoms with Crippen LogP contribution in [0.2, 0.25) is 0 Å². The first-order valence-electron chi connectivity index (χ1n) is 7.78. The average Bonchev–Trinajstić information content (AvgIpc) is 3.07. The fourth-order valence-corrected chi connectivity index (χ4v) is 2.78. The van der Waals surface area contributed by atoms with Crippen LogP contribution < -0.4 is 10.2 Å². The Morgan fingerprint density at radius 3 is 2.78 bits per heavy atom. The van der Waals surface area contributed by atoms with Gasteiger partial charge in [-0.25, -0.2) is 14.8 Å². The number of pyridine rings is 2. The molecule has 23 heavy (non-hydrogen) atoms. The second-order valence-electron chi connectivity index (χ2n) is 5.74. The lowest BCUT2D eigenvalue weighted by Crippen LogP contribution is -2.19. The van der Waals surface area contributed by atoms with Gasteiger partial charge in [0, 0.05) is 25.3 Å². The highest BCUT2D eigenvalue weighted by Gasteiger charge is 2.14. The van der Waals surface area contributed by atoms with E-state index in [2.05, 4.69) is 26.3 Å². The van der Waals surface area contributed by atoms with E-state index < -0.39 is 5.97 Å². The summed E-state index contributed by atoms with van der Waals surface area (Å²) in [5.41, 5.74) is 2.14. The van der Waals surface area contributed by atoms with Crippen LogP contribution in [-0.4, -0.2) is 34.1 Å². The molecule has 3 heterocycles. The van der Waals surface area contributed by atoms with Crippen molar-refractivity contribution in [3.05, 3.63) is 47.3 Å². The van der Waals surface area contributed by atoms with E-state index in [-0.39, 0.29) is 5.69 Å². The van der Waals surface area contributed by atoms with Crippen LogP contribution in [0.25, 0.3) is 0 Å². The summed E-state index contributed by atoms with van der Waals surface area (Å²) in [6.07, 6.45) is 2.43. The number of carboxylic acids is 1. The Bertz CT molecular complexity index is 711. The topological polar surface area (TPSA) is 78.3 Å². The molecule has 0 spiro atoms. The Hall–Kier alpha value is -2.63. The minimum atomic E-state index is -1.02. The van der Waals surface area contributed by atoms with Crippen LogP contribution in [0.15, 0.2) is 30.3 Å². The van der Waals surface area contributed by atoms with Gasteiger partial charge in [0.2, 0.25) is 0 Å². The number of carboxylic acid groups (broad SMARTS) is 1. The maximum atomic E-state index is 11.0. The van der Waals surface area contributed by atoms with Crippen molar-refractivity contribution in [3.63, 3.8) is 0 Å². The van der Waals surface area contributed by atoms with Crippen molar-refractivity contribution in [1.29, 1.82) is 0 Å². The van der Waals surface area contributed by atoms with Crippen molar-refractivity contribution < 1.29 is 9.90 Å². The van der Waals surface area contributed by atoms with E-state index in [0.717, 1.165) is 30.2 Å². The highest BCUT2D eigenvalue weighted by atomic mass is 16.4. The number of nitrogens with zero attached hydrogens (tertiary/aromatic N) is 3. The summed E-state index contributed by atoms with van der Waals surface area (Å²) < 4.78 is 0. The summed E-state index contributed by atoms with van der Waals surface area (Å²) in [6.45, 7) is 4.70. The summed E-state index contributed by atoms with van der Waals surface area (Å²) in [5.74, 6) is 0.554. The molecule has 0 aromatic carbocycles. The molecule has 0 atom stereocenters. The van der Waals surface area contributed by atoms with Gasteiger partial charge < -0.3 is 15.3 Å². The predicted molar refractivity (Wildman–Crippen MR) is 88.9 cm³/mol. The number of anilines is 2. The first kappa shape index (κ1) is 15.3. The zero-order valence-corrected chi connectivity index (χ0v) is 13.1. The maximum Gasteiger partial charge on any atom is 0.354 e. The molecular weight excluding hydrogens is 292 g/mol. The number of carbonyl (C=O) groups is 1. The van der Waals surface area contributed by atoms with Gasteiger partial charge in [-0.2, -0.15) is 0 Å². The molecule has 120 valence electrons. The predicted octanol–water partition coefficient (Wildman–Crippen LogP) is 2.70. The molecule has 1 aliphatic rings. The number of hydrogen-bond acceptors (Lipinski definition) is 5. The van der Waals surface area contributed by atoms with Gasteiger partial charge in [-0.05, 0) is 49.6 Å². The van der Waals surface area contributed by atoms with E-state index in [9.17, 15) is 4.79 Å². The largest absolute Gasteiger partial charge is 0.477 e. The lowest BCUT2D eigenvalue weighted by atomic mass is 10.2. The van der Waals surface area contributed by atoms with Crippen molar-refractivity contribution >= 4 is 17.6 Å². The van der Waals surface area contributed by atoms with Crippen LogP contribution in [0.3, 0.4) is 0 Å². The minimum Gasteiger partial charge on any atom is -0.477 e. The Morgan fingerprint density at radius 1 is 1.26 bits per heavy atom. The van der Waals surface area contributed by atoms with Gasteiger partial charge >= 0.3 is 5.97 Å². The summed E-state index contributed by atoms with van der Waals surface area (Å²) in [7, 11) is 0. The van der Waals surface area contributed by atoms with Gasteiger partial charge in [0.05, 0.1) is 0 Å². The number of aryl methyl sites for hydroxylation is 1. The zero-order chi connectivity index (χ0) is 16.2. The monoisotopic (exact) mass is 312 g/mol. The zero-order valence-electron chi connectivity index (χ0n) is 13.1. The molecule has 3 rings (SSSR count). The Morgan fingerprint density at radius 2 is 2.04 bits per heavy atom. The fourth-order valence-electron chi connectivity index (χ4n) is 2.78. The summed E-state index contributed by atoms with van der Waals surface area (Å²) in [4.78, 5) is 22.0. The smallest absolute Gasteiger partial charge is 0.354 e. The minimum absolute atomic E-state index is 0.0404. The molecule has 0 aliphatic carbocycles. The fraction of sp³-hybridized carbons (Fsp3) is 0.353. The number of rotatable bonds is 5. The van der Waals surface area contributed by atoms with Gasteiger partial charge in [-0.3, -0.25) is 0 Å². The van der Waals surface area contributed by atoms with E-state index in [1.165, 1.54) is 18.9 Å². The number of nitrogens with one attached hydrogen (secondary N) is 1. The van der Waals surface area contributed by atoms with Crippen LogP contribution >= 0.6 is 0 Å². The van der Waals surface area contributed by atoms with Crippen LogP contribution in [0.1, 0.15) is 34.6 Å². The molecule has 2 aromatic heterocycles. The Balaban J connectivity index is 1.72. The van der Waals surface area contributed by atoms with Crippen molar-refractivity contribution in [2.45, 2.75) is 26.3 Å². The number of hydrogen-bond donors (Lipinski definition) is 2. The lowest BCUT2D eigenvalue weighted by molar-refractivity contribution is 0.0690. The van der Waals surface area contributed by atoms with E-state index in [1.807, 2.05) is 13.0 Å². The standard InChI is InChI=1S/C17H20N4O2/c1-12-9-13(10-16(19-12)21-7-2-3-8-21)11-18-15-6-4-5-14(20-15)17(22)23/h4-6,9-10H,2-3,7-8,11H2,1H3,(H,18,20)(H,22,23). The van der Waals surface area contributed by atoms with Gasteiger partial charge in [0.1, 0.15) is 11.6 Å². The van der Waals surface area contributed by atoms with Crippen molar-refractivity contribution in [1.82, 2.24) is 9.97 Å². The van der Waals surface area contributed by atoms with Crippen LogP contribution in [-0.2, 0) is 6.54 Å². The highest BCUT2D eigenvalue weighted by molar-refractivity contribution is 5.85. The molecular formula is C17H20N4O2. The van der Waals surface area contributed by atoms with Gasteiger partial charge in [-0.1, -0.05) is 6.07 Å². The third-order valence-corrected chi connectivity index (χ3v) is 3.87. The van der Waals surface area contributed by atoms with Gasteiger partial charge in [-0.15, -0.1) is 0 Å². The highest BCUT2D eigenvalue weighted by Crippen LogP contribution is 2.20. The summed E-state index contributed by atoms with van der Waals surface area (Å²) >= 11 is 0. The second kappa shape index (κ2) is 6.64. The second-order valence-corrected chi connectivity index (χ2v) is 5.74. The van der Waals surface area contributed by atoms with Gasteiger partial charge in [0.25, 0.3) is 0 Å². The van der Waals surface area contributed by atoms with Crippen molar-refractivity contribution in [2.75, 3.05) is 23.3 Å². The molecule has 6 nitrogen and oxygen atoms in total. The van der Waals surface area contributed by atoms with E-state index in [4.69, 9.17) is 5.11 Å². The number of aromatic carboxylic acids is 1. The SMILES string of the molecule is Cc1cc(CNc2cccc(C(=O)O)n2)cc(N2CCCC2)n1. The molecule has 1 fully saturated rings. The third-order valence-electron chi connectivity index (χ3n) is 3.87. The first-order valence-corrected chi connectivity index (χ1v) is 7.78. The van der Waals surface area contributed by atoms with Crippen LogP contribution in [0.5, 0.6) is 0 Å². The Kier molecular flexibility index (Phi) is 4.41. The van der Waals surface area contributed by atoms with Crippen LogP contribution in [0, 0.1) is 6.92 Å². The van der Waals surface area contributed by atoms with Crippen LogP contribution in [0.4, 0.5) is 11.6 Å². The molecule has 1 saturated heterocycles. The molecule has 2 aromatic rings. The number of aromatic nitrogens is 2.